The summed E-state index contributed by atoms with van der Waals surface area (Å²) in [6.45, 7) is 4.11. The van der Waals surface area contributed by atoms with Crippen LogP contribution in [0.5, 0.6) is 0 Å². The highest BCUT2D eigenvalue weighted by Crippen LogP contribution is 2.40. The summed E-state index contributed by atoms with van der Waals surface area (Å²) in [6.07, 6.45) is -1.11. The second-order valence-electron chi connectivity index (χ2n) is 5.96. The van der Waals surface area contributed by atoms with Gasteiger partial charge in [0.05, 0.1) is 0 Å². The molecule has 5 heteroatoms. The largest absolute Gasteiger partial charge is 0.455 e. The lowest BCUT2D eigenvalue weighted by molar-refractivity contribution is -0.0902. The number of methoxy groups -OCH3 is 1. The second kappa shape index (κ2) is 6.77. The molecule has 3 aromatic rings. The molecule has 0 aliphatic carbocycles. The first-order valence-corrected chi connectivity index (χ1v) is 8.40. The summed E-state index contributed by atoms with van der Waals surface area (Å²) in [5.74, 6) is 0.604. The number of hydrogen-bond acceptors (Lipinski definition) is 3. The minimum Gasteiger partial charge on any atom is -0.455 e. The van der Waals surface area contributed by atoms with Gasteiger partial charge in [0.2, 0.25) is 6.29 Å². The van der Waals surface area contributed by atoms with Crippen LogP contribution in [0.2, 0.25) is 10.0 Å². The zero-order chi connectivity index (χ0) is 17.4. The van der Waals surface area contributed by atoms with Crippen molar-refractivity contribution in [1.29, 1.82) is 0 Å². The van der Waals surface area contributed by atoms with E-state index in [0.717, 1.165) is 22.1 Å². The van der Waals surface area contributed by atoms with Crippen molar-refractivity contribution in [3.8, 4) is 11.1 Å². The van der Waals surface area contributed by atoms with E-state index >= 15 is 0 Å². The van der Waals surface area contributed by atoms with E-state index in [-0.39, 0.29) is 5.92 Å². The fraction of sp³-hybridized carbons (Fsp3) is 0.263. The lowest BCUT2D eigenvalue weighted by atomic mass is 9.96. The summed E-state index contributed by atoms with van der Waals surface area (Å²) in [5, 5.41) is 12.2. The van der Waals surface area contributed by atoms with Gasteiger partial charge in [-0.05, 0) is 29.7 Å². The first kappa shape index (κ1) is 17.3. The number of fused-ring (bicyclic) bond motifs is 1. The second-order valence-corrected chi connectivity index (χ2v) is 6.84. The monoisotopic (exact) mass is 364 g/mol. The topological polar surface area (TPSA) is 42.6 Å². The summed E-state index contributed by atoms with van der Waals surface area (Å²) in [6, 6.07) is 11.3. The number of halogens is 2. The van der Waals surface area contributed by atoms with Crippen LogP contribution in [0.3, 0.4) is 0 Å². The van der Waals surface area contributed by atoms with Crippen LogP contribution in [0.1, 0.15) is 37.4 Å². The molecular weight excluding hydrogens is 347 g/mol. The number of hydrogen-bond donors (Lipinski definition) is 1. The van der Waals surface area contributed by atoms with Crippen molar-refractivity contribution >= 4 is 34.2 Å². The predicted octanol–water partition coefficient (Wildman–Crippen LogP) is 6.17. The van der Waals surface area contributed by atoms with E-state index in [4.69, 9.17) is 32.4 Å². The average Bonchev–Trinajstić information content (AvgIpc) is 2.92. The molecule has 1 N–H and O–H groups in total. The lowest BCUT2D eigenvalue weighted by Crippen LogP contribution is -2.02. The van der Waals surface area contributed by atoms with Gasteiger partial charge in [-0.15, -0.1) is 0 Å². The smallest absolute Gasteiger partial charge is 0.214 e. The Balaban J connectivity index is 2.31. The Hall–Kier alpha value is -1.52. The predicted molar refractivity (Wildman–Crippen MR) is 97.7 cm³/mol. The van der Waals surface area contributed by atoms with Crippen molar-refractivity contribution in [2.24, 2.45) is 0 Å². The molecule has 3 nitrogen and oxygen atoms in total. The summed E-state index contributed by atoms with van der Waals surface area (Å²) in [7, 11) is 1.44. The maximum absolute atomic E-state index is 10.2. The van der Waals surface area contributed by atoms with Crippen molar-refractivity contribution in [2.75, 3.05) is 7.11 Å². The van der Waals surface area contributed by atoms with Gasteiger partial charge in [-0.1, -0.05) is 55.2 Å². The zero-order valence-electron chi connectivity index (χ0n) is 13.6. The van der Waals surface area contributed by atoms with Gasteiger partial charge in [-0.3, -0.25) is 0 Å². The van der Waals surface area contributed by atoms with E-state index in [2.05, 4.69) is 13.8 Å². The van der Waals surface area contributed by atoms with E-state index in [9.17, 15) is 5.11 Å². The van der Waals surface area contributed by atoms with Crippen LogP contribution in [0.4, 0.5) is 0 Å². The molecule has 1 aromatic heterocycles. The van der Waals surface area contributed by atoms with Gasteiger partial charge < -0.3 is 14.3 Å². The van der Waals surface area contributed by atoms with Crippen LogP contribution in [0.25, 0.3) is 22.1 Å². The van der Waals surface area contributed by atoms with Crippen LogP contribution in [-0.4, -0.2) is 12.2 Å². The highest BCUT2D eigenvalue weighted by atomic mass is 35.5. The Kier molecular flexibility index (Phi) is 4.88. The molecule has 1 unspecified atom stereocenters. The molecule has 0 aliphatic rings. The number of aliphatic hydroxyl groups excluding tert-OH is 1. The quantitative estimate of drug-likeness (QED) is 0.563. The van der Waals surface area contributed by atoms with E-state index in [1.165, 1.54) is 7.11 Å². The Labute approximate surface area is 150 Å². The average molecular weight is 365 g/mol. The van der Waals surface area contributed by atoms with E-state index < -0.39 is 6.29 Å². The van der Waals surface area contributed by atoms with Crippen LogP contribution >= 0.6 is 23.2 Å². The molecule has 24 heavy (non-hydrogen) atoms. The SMILES string of the molecule is COC(O)c1oc2c(-c3cc(Cl)cc(Cl)c3)cccc2c1C(C)C. The van der Waals surface area contributed by atoms with Crippen LogP contribution < -0.4 is 0 Å². The minimum atomic E-state index is -1.11. The first-order chi connectivity index (χ1) is 11.4. The highest BCUT2D eigenvalue weighted by Gasteiger charge is 2.24. The Bertz CT molecular complexity index is 863. The van der Waals surface area contributed by atoms with E-state index in [0.29, 0.717) is 21.4 Å². The number of aliphatic hydroxyl groups is 1. The molecule has 0 amide bonds. The Morgan fingerprint density at radius 1 is 1.08 bits per heavy atom. The number of rotatable bonds is 4. The number of para-hydroxylation sites is 1. The first-order valence-electron chi connectivity index (χ1n) is 7.65. The third kappa shape index (κ3) is 3.05. The summed E-state index contributed by atoms with van der Waals surface area (Å²) < 4.78 is 11.1. The zero-order valence-corrected chi connectivity index (χ0v) is 15.2. The molecule has 0 bridgehead atoms. The van der Waals surface area contributed by atoms with E-state index in [1.807, 2.05) is 30.3 Å². The summed E-state index contributed by atoms with van der Waals surface area (Å²) in [5.41, 5.74) is 3.36. The van der Waals surface area contributed by atoms with Gasteiger partial charge in [0.25, 0.3) is 0 Å². The van der Waals surface area contributed by atoms with E-state index in [1.54, 1.807) is 6.07 Å². The Morgan fingerprint density at radius 2 is 1.75 bits per heavy atom. The third-order valence-electron chi connectivity index (χ3n) is 3.98. The maximum atomic E-state index is 10.2. The van der Waals surface area contributed by atoms with Crippen molar-refractivity contribution in [3.05, 3.63) is 57.8 Å². The maximum Gasteiger partial charge on any atom is 0.214 e. The lowest BCUT2D eigenvalue weighted by Gasteiger charge is -2.10. The highest BCUT2D eigenvalue weighted by molar-refractivity contribution is 6.35. The van der Waals surface area contributed by atoms with Gasteiger partial charge in [0.1, 0.15) is 5.58 Å². The van der Waals surface area contributed by atoms with Crippen LogP contribution in [0.15, 0.2) is 40.8 Å². The third-order valence-corrected chi connectivity index (χ3v) is 4.42. The molecule has 0 aliphatic heterocycles. The molecule has 0 spiro atoms. The molecular formula is C19H18Cl2O3. The molecule has 3 rings (SSSR count). The number of benzene rings is 2. The normalized spacial score (nSPS) is 13.0. The number of ether oxygens (including phenoxy) is 1. The molecule has 0 fully saturated rings. The molecule has 2 aromatic carbocycles. The van der Waals surface area contributed by atoms with Crippen LogP contribution in [0, 0.1) is 0 Å². The molecule has 0 saturated carbocycles. The minimum absolute atomic E-state index is 0.171. The van der Waals surface area contributed by atoms with Crippen LogP contribution in [-0.2, 0) is 4.74 Å². The van der Waals surface area contributed by atoms with Crippen molar-refractivity contribution < 1.29 is 14.3 Å². The fourth-order valence-corrected chi connectivity index (χ4v) is 3.51. The molecule has 126 valence electrons. The van der Waals surface area contributed by atoms with Gasteiger partial charge in [-0.25, -0.2) is 0 Å². The Morgan fingerprint density at radius 3 is 2.33 bits per heavy atom. The molecule has 0 saturated heterocycles. The standard InChI is InChI=1S/C19H18Cl2O3/c1-10(2)16-15-6-4-5-14(11-7-12(20)9-13(21)8-11)17(15)24-18(16)19(22)23-3/h4-10,19,22H,1-3H3. The van der Waals surface area contributed by atoms with Crippen molar-refractivity contribution in [1.82, 2.24) is 0 Å². The molecule has 1 atom stereocenters. The number of furan rings is 1. The van der Waals surface area contributed by atoms with Gasteiger partial charge in [-0.2, -0.15) is 0 Å². The molecule has 0 radical (unpaired) electrons. The fourth-order valence-electron chi connectivity index (χ4n) is 2.98. The summed E-state index contributed by atoms with van der Waals surface area (Å²) in [4.78, 5) is 0. The van der Waals surface area contributed by atoms with Crippen molar-refractivity contribution in [2.45, 2.75) is 26.1 Å². The summed E-state index contributed by atoms with van der Waals surface area (Å²) >= 11 is 12.3. The van der Waals surface area contributed by atoms with Gasteiger partial charge in [0, 0.05) is 33.7 Å². The van der Waals surface area contributed by atoms with Gasteiger partial charge >= 0.3 is 0 Å². The molecule has 1 heterocycles. The van der Waals surface area contributed by atoms with Crippen molar-refractivity contribution in [3.63, 3.8) is 0 Å². The van der Waals surface area contributed by atoms with Gasteiger partial charge in [0.15, 0.2) is 5.76 Å².